The van der Waals surface area contributed by atoms with Gasteiger partial charge in [0.25, 0.3) is 5.69 Å². The van der Waals surface area contributed by atoms with Crippen LogP contribution in [0.5, 0.6) is 0 Å². The van der Waals surface area contributed by atoms with Crippen molar-refractivity contribution in [2.45, 2.75) is 0 Å². The molecule has 5 heteroatoms. The summed E-state index contributed by atoms with van der Waals surface area (Å²) in [5.74, 6) is 0. The Labute approximate surface area is 79.7 Å². The number of benzene rings is 1. The fourth-order valence-electron chi connectivity index (χ4n) is 0.845. The minimum absolute atomic E-state index is 0.0950. The van der Waals surface area contributed by atoms with E-state index < -0.39 is 4.92 Å². The molecule has 0 fully saturated rings. The Kier molecular flexibility index (Phi) is 2.72. The minimum atomic E-state index is -0.532. The van der Waals surface area contributed by atoms with Gasteiger partial charge in [-0.2, -0.15) is 0 Å². The minimum Gasteiger partial charge on any atom is -0.309 e. The average Bonchev–Trinajstić information content (AvgIpc) is 2.04. The van der Waals surface area contributed by atoms with Crippen molar-refractivity contribution in [2.75, 3.05) is 5.32 Å². The van der Waals surface area contributed by atoms with Gasteiger partial charge in [-0.05, 0) is 12.1 Å². The van der Waals surface area contributed by atoms with Crippen molar-refractivity contribution in [3.8, 4) is 12.5 Å². The zero-order chi connectivity index (χ0) is 9.84. The van der Waals surface area contributed by atoms with Gasteiger partial charge in [-0.3, -0.25) is 10.1 Å². The maximum absolute atomic E-state index is 10.5. The van der Waals surface area contributed by atoms with E-state index in [0.29, 0.717) is 5.02 Å². The van der Waals surface area contributed by atoms with Crippen LogP contribution in [0.4, 0.5) is 11.4 Å². The third-order valence-corrected chi connectivity index (χ3v) is 1.60. The molecule has 1 N–H and O–H groups in total. The summed E-state index contributed by atoms with van der Waals surface area (Å²) in [4.78, 5) is 9.93. The second-order valence-electron chi connectivity index (χ2n) is 2.19. The number of terminal acetylenes is 1. The highest BCUT2D eigenvalue weighted by Crippen LogP contribution is 2.26. The smallest absolute Gasteiger partial charge is 0.293 e. The van der Waals surface area contributed by atoms with E-state index in [1.807, 2.05) is 0 Å². The highest BCUT2D eigenvalue weighted by molar-refractivity contribution is 6.31. The molecular weight excluding hydrogens is 192 g/mol. The first-order valence-electron chi connectivity index (χ1n) is 3.30. The van der Waals surface area contributed by atoms with Crippen molar-refractivity contribution in [1.29, 1.82) is 0 Å². The summed E-state index contributed by atoms with van der Waals surface area (Å²) in [6.07, 6.45) is 4.95. The fourth-order valence-corrected chi connectivity index (χ4v) is 1.02. The molecule has 0 aliphatic rings. The monoisotopic (exact) mass is 196 g/mol. The summed E-state index contributed by atoms with van der Waals surface area (Å²) in [5.41, 5.74) is 0.127. The van der Waals surface area contributed by atoms with Crippen molar-refractivity contribution in [2.24, 2.45) is 0 Å². The Balaban J connectivity index is 3.20. The topological polar surface area (TPSA) is 55.2 Å². The first-order chi connectivity index (χ1) is 6.15. The SMILES string of the molecule is C#CNc1cc(Cl)ccc1[N+](=O)[O-]. The normalized spacial score (nSPS) is 8.92. The van der Waals surface area contributed by atoms with Crippen LogP contribution in [-0.4, -0.2) is 4.92 Å². The van der Waals surface area contributed by atoms with Gasteiger partial charge in [-0.25, -0.2) is 0 Å². The third-order valence-electron chi connectivity index (χ3n) is 1.36. The number of hydrogen-bond acceptors (Lipinski definition) is 3. The molecule has 0 aliphatic heterocycles. The third kappa shape index (κ3) is 2.10. The zero-order valence-electron chi connectivity index (χ0n) is 6.45. The molecule has 1 aromatic carbocycles. The van der Waals surface area contributed by atoms with E-state index in [-0.39, 0.29) is 11.4 Å². The second-order valence-corrected chi connectivity index (χ2v) is 2.62. The van der Waals surface area contributed by atoms with Gasteiger partial charge in [0.15, 0.2) is 0 Å². The van der Waals surface area contributed by atoms with Crippen molar-refractivity contribution in [3.05, 3.63) is 33.3 Å². The van der Waals surface area contributed by atoms with Crippen LogP contribution in [0, 0.1) is 22.6 Å². The predicted octanol–water partition coefficient (Wildman–Crippen LogP) is 2.25. The molecule has 13 heavy (non-hydrogen) atoms. The number of rotatable bonds is 2. The molecule has 0 amide bonds. The summed E-state index contributed by atoms with van der Waals surface area (Å²) in [7, 11) is 0. The van der Waals surface area contributed by atoms with Gasteiger partial charge < -0.3 is 5.32 Å². The van der Waals surface area contributed by atoms with Crippen LogP contribution >= 0.6 is 11.6 Å². The Hall–Kier alpha value is -1.73. The molecule has 0 saturated carbocycles. The van der Waals surface area contributed by atoms with Crippen molar-refractivity contribution in [3.63, 3.8) is 0 Å². The molecular formula is C8H5ClN2O2. The van der Waals surface area contributed by atoms with Crippen molar-refractivity contribution in [1.82, 2.24) is 0 Å². The molecule has 1 aromatic rings. The van der Waals surface area contributed by atoms with E-state index in [2.05, 4.69) is 11.4 Å². The van der Waals surface area contributed by atoms with Gasteiger partial charge in [0, 0.05) is 17.1 Å². The number of halogens is 1. The van der Waals surface area contributed by atoms with Crippen LogP contribution in [-0.2, 0) is 0 Å². The predicted molar refractivity (Wildman–Crippen MR) is 50.6 cm³/mol. The van der Waals surface area contributed by atoms with E-state index in [0.717, 1.165) is 0 Å². The first-order valence-corrected chi connectivity index (χ1v) is 3.68. The molecule has 4 nitrogen and oxygen atoms in total. The molecule has 0 saturated heterocycles. The number of hydrogen-bond donors (Lipinski definition) is 1. The largest absolute Gasteiger partial charge is 0.309 e. The standard InChI is InChI=1S/C8H5ClN2O2/c1-2-10-7-5-6(9)3-4-8(7)11(12)13/h1,3-5,10H. The van der Waals surface area contributed by atoms with Crippen LogP contribution in [0.15, 0.2) is 18.2 Å². The highest BCUT2D eigenvalue weighted by atomic mass is 35.5. The molecule has 0 bridgehead atoms. The summed E-state index contributed by atoms with van der Waals surface area (Å²) < 4.78 is 0. The summed E-state index contributed by atoms with van der Waals surface area (Å²) >= 11 is 5.63. The Morgan fingerprint density at radius 2 is 2.31 bits per heavy atom. The molecule has 0 aliphatic carbocycles. The van der Waals surface area contributed by atoms with Crippen LogP contribution < -0.4 is 5.32 Å². The van der Waals surface area contributed by atoms with Crippen LogP contribution in [0.2, 0.25) is 5.02 Å². The molecule has 0 spiro atoms. The number of nitro groups is 1. The van der Waals surface area contributed by atoms with E-state index in [1.165, 1.54) is 18.2 Å². The van der Waals surface area contributed by atoms with Crippen molar-refractivity contribution >= 4 is 23.0 Å². The van der Waals surface area contributed by atoms with Gasteiger partial charge in [0.2, 0.25) is 0 Å². The number of anilines is 1. The van der Waals surface area contributed by atoms with Crippen LogP contribution in [0.1, 0.15) is 0 Å². The number of nitrogens with one attached hydrogen (secondary N) is 1. The quantitative estimate of drug-likeness (QED) is 0.342. The molecule has 0 unspecified atom stereocenters. The van der Waals surface area contributed by atoms with Gasteiger partial charge in [-0.1, -0.05) is 18.0 Å². The van der Waals surface area contributed by atoms with Crippen LogP contribution in [0.3, 0.4) is 0 Å². The Bertz CT molecular complexity index is 384. The van der Waals surface area contributed by atoms with E-state index in [1.54, 1.807) is 0 Å². The van der Waals surface area contributed by atoms with Gasteiger partial charge in [0.05, 0.1) is 4.92 Å². The highest BCUT2D eigenvalue weighted by Gasteiger charge is 2.12. The fraction of sp³-hybridized carbons (Fsp3) is 0. The lowest BCUT2D eigenvalue weighted by atomic mass is 10.3. The maximum atomic E-state index is 10.5. The maximum Gasteiger partial charge on any atom is 0.293 e. The van der Waals surface area contributed by atoms with Gasteiger partial charge in [-0.15, -0.1) is 0 Å². The second kappa shape index (κ2) is 3.78. The lowest BCUT2D eigenvalue weighted by Gasteiger charge is -2.00. The Morgan fingerprint density at radius 3 is 2.85 bits per heavy atom. The van der Waals surface area contributed by atoms with E-state index in [4.69, 9.17) is 18.0 Å². The summed E-state index contributed by atoms with van der Waals surface area (Å²) in [6, 6.07) is 6.22. The molecule has 0 atom stereocenters. The first kappa shape index (κ1) is 9.36. The molecule has 1 rings (SSSR count). The van der Waals surface area contributed by atoms with Gasteiger partial charge >= 0.3 is 0 Å². The van der Waals surface area contributed by atoms with E-state index >= 15 is 0 Å². The van der Waals surface area contributed by atoms with E-state index in [9.17, 15) is 10.1 Å². The molecule has 66 valence electrons. The molecule has 0 radical (unpaired) electrons. The molecule has 0 heterocycles. The average molecular weight is 197 g/mol. The summed E-state index contributed by atoms with van der Waals surface area (Å²) in [5, 5.41) is 13.3. The molecule has 0 aromatic heterocycles. The van der Waals surface area contributed by atoms with Gasteiger partial charge in [0.1, 0.15) is 5.69 Å². The number of nitro benzene ring substituents is 1. The number of nitrogens with zero attached hydrogens (tertiary/aromatic N) is 1. The van der Waals surface area contributed by atoms with Crippen molar-refractivity contribution < 1.29 is 4.92 Å². The Morgan fingerprint density at radius 1 is 1.62 bits per heavy atom. The summed E-state index contributed by atoms with van der Waals surface area (Å²) in [6.45, 7) is 0. The van der Waals surface area contributed by atoms with Crippen LogP contribution in [0.25, 0.3) is 0 Å². The lowest BCUT2D eigenvalue weighted by molar-refractivity contribution is -0.383. The lowest BCUT2D eigenvalue weighted by Crippen LogP contribution is -1.95. The zero-order valence-corrected chi connectivity index (χ0v) is 7.21.